The molecule has 1 atom stereocenters. The van der Waals surface area contributed by atoms with E-state index in [2.05, 4.69) is 23.2 Å². The average molecular weight is 222 g/mol. The Bertz CT molecular complexity index is 284. The first-order chi connectivity index (χ1) is 7.88. The standard InChI is InChI=1S/C13H22N2O/c1-2-7-14-12-5-8-15(11-12)9-6-13-4-3-10-16-13/h3-4,10,12,14H,2,5-9,11H2,1H3. The molecule has 1 unspecified atom stereocenters. The molecule has 3 nitrogen and oxygen atoms in total. The third kappa shape index (κ3) is 3.35. The first-order valence-electron chi connectivity index (χ1n) is 6.36. The van der Waals surface area contributed by atoms with Crippen molar-refractivity contribution in [1.82, 2.24) is 10.2 Å². The minimum atomic E-state index is 0.705. The van der Waals surface area contributed by atoms with Gasteiger partial charge in [-0.25, -0.2) is 0 Å². The SMILES string of the molecule is CCCNC1CCN(CCc2ccco2)C1. The van der Waals surface area contributed by atoms with E-state index in [9.17, 15) is 0 Å². The molecule has 1 aromatic rings. The van der Waals surface area contributed by atoms with Crippen molar-refractivity contribution in [2.24, 2.45) is 0 Å². The highest BCUT2D eigenvalue weighted by molar-refractivity contribution is 4.98. The largest absolute Gasteiger partial charge is 0.469 e. The summed E-state index contributed by atoms with van der Waals surface area (Å²) >= 11 is 0. The molecule has 2 rings (SSSR count). The van der Waals surface area contributed by atoms with Crippen LogP contribution in [0.3, 0.4) is 0 Å². The van der Waals surface area contributed by atoms with Crippen molar-refractivity contribution in [1.29, 1.82) is 0 Å². The van der Waals surface area contributed by atoms with Crippen molar-refractivity contribution in [2.75, 3.05) is 26.2 Å². The molecule has 1 aliphatic heterocycles. The summed E-state index contributed by atoms with van der Waals surface area (Å²) in [5, 5.41) is 3.59. The summed E-state index contributed by atoms with van der Waals surface area (Å²) in [6, 6.07) is 4.73. The van der Waals surface area contributed by atoms with Gasteiger partial charge in [-0.15, -0.1) is 0 Å². The lowest BCUT2D eigenvalue weighted by molar-refractivity contribution is 0.321. The van der Waals surface area contributed by atoms with Gasteiger partial charge in [-0.3, -0.25) is 0 Å². The summed E-state index contributed by atoms with van der Waals surface area (Å²) in [5.41, 5.74) is 0. The van der Waals surface area contributed by atoms with Gasteiger partial charge in [0.15, 0.2) is 0 Å². The number of nitrogens with one attached hydrogen (secondary N) is 1. The molecule has 0 bridgehead atoms. The Morgan fingerprint density at radius 1 is 1.56 bits per heavy atom. The lowest BCUT2D eigenvalue weighted by Crippen LogP contribution is -2.33. The van der Waals surface area contributed by atoms with Crippen LogP contribution in [0.1, 0.15) is 25.5 Å². The molecule has 0 amide bonds. The summed E-state index contributed by atoms with van der Waals surface area (Å²) in [5.74, 6) is 1.10. The van der Waals surface area contributed by atoms with E-state index in [1.807, 2.05) is 6.07 Å². The van der Waals surface area contributed by atoms with Crippen molar-refractivity contribution >= 4 is 0 Å². The molecule has 0 saturated carbocycles. The molecule has 16 heavy (non-hydrogen) atoms. The van der Waals surface area contributed by atoms with Gasteiger partial charge in [-0.2, -0.15) is 0 Å². The molecular formula is C13H22N2O. The first-order valence-corrected chi connectivity index (χ1v) is 6.36. The number of likely N-dealkylation sites (tertiary alicyclic amines) is 1. The maximum Gasteiger partial charge on any atom is 0.105 e. The molecule has 1 saturated heterocycles. The van der Waals surface area contributed by atoms with Crippen LogP contribution in [0.25, 0.3) is 0 Å². The van der Waals surface area contributed by atoms with Crippen molar-refractivity contribution < 1.29 is 4.42 Å². The number of hydrogen-bond acceptors (Lipinski definition) is 3. The molecular weight excluding hydrogens is 200 g/mol. The van der Waals surface area contributed by atoms with Gasteiger partial charge in [0.2, 0.25) is 0 Å². The molecule has 0 spiro atoms. The highest BCUT2D eigenvalue weighted by Crippen LogP contribution is 2.10. The number of nitrogens with zero attached hydrogens (tertiary/aromatic N) is 1. The molecule has 1 aliphatic rings. The van der Waals surface area contributed by atoms with Crippen LogP contribution in [-0.2, 0) is 6.42 Å². The lowest BCUT2D eigenvalue weighted by atomic mass is 10.2. The summed E-state index contributed by atoms with van der Waals surface area (Å²) < 4.78 is 5.34. The molecule has 1 fully saturated rings. The number of furan rings is 1. The Balaban J connectivity index is 1.65. The number of hydrogen-bond donors (Lipinski definition) is 1. The van der Waals surface area contributed by atoms with Crippen LogP contribution < -0.4 is 5.32 Å². The van der Waals surface area contributed by atoms with Gasteiger partial charge in [-0.05, 0) is 38.1 Å². The number of rotatable bonds is 6. The molecule has 3 heteroatoms. The summed E-state index contributed by atoms with van der Waals surface area (Å²) in [7, 11) is 0. The minimum Gasteiger partial charge on any atom is -0.469 e. The van der Waals surface area contributed by atoms with Gasteiger partial charge in [0.05, 0.1) is 6.26 Å². The van der Waals surface area contributed by atoms with E-state index in [4.69, 9.17) is 4.42 Å². The molecule has 1 N–H and O–H groups in total. The topological polar surface area (TPSA) is 28.4 Å². The predicted molar refractivity (Wildman–Crippen MR) is 65.6 cm³/mol. The maximum absolute atomic E-state index is 5.34. The summed E-state index contributed by atoms with van der Waals surface area (Å²) in [6.07, 6.45) is 5.31. The zero-order chi connectivity index (χ0) is 11.2. The smallest absolute Gasteiger partial charge is 0.105 e. The zero-order valence-corrected chi connectivity index (χ0v) is 10.1. The molecule has 1 aromatic heterocycles. The lowest BCUT2D eigenvalue weighted by Gasteiger charge is -2.15. The van der Waals surface area contributed by atoms with E-state index in [1.165, 1.54) is 25.9 Å². The molecule has 0 aliphatic carbocycles. The molecule has 0 aromatic carbocycles. The fourth-order valence-electron chi connectivity index (χ4n) is 2.27. The van der Waals surface area contributed by atoms with Crippen molar-refractivity contribution in [3.63, 3.8) is 0 Å². The Hall–Kier alpha value is -0.800. The van der Waals surface area contributed by atoms with Gasteiger partial charge in [0, 0.05) is 25.6 Å². The van der Waals surface area contributed by atoms with Gasteiger partial charge < -0.3 is 14.6 Å². The summed E-state index contributed by atoms with van der Waals surface area (Å²) in [4.78, 5) is 2.52. The zero-order valence-electron chi connectivity index (χ0n) is 10.1. The Morgan fingerprint density at radius 3 is 3.25 bits per heavy atom. The van der Waals surface area contributed by atoms with Gasteiger partial charge in [-0.1, -0.05) is 6.92 Å². The summed E-state index contributed by atoms with van der Waals surface area (Å²) in [6.45, 7) is 6.91. The van der Waals surface area contributed by atoms with E-state index >= 15 is 0 Å². The van der Waals surface area contributed by atoms with E-state index < -0.39 is 0 Å². The Morgan fingerprint density at radius 2 is 2.50 bits per heavy atom. The fraction of sp³-hybridized carbons (Fsp3) is 0.692. The van der Waals surface area contributed by atoms with Crippen LogP contribution in [0.15, 0.2) is 22.8 Å². The van der Waals surface area contributed by atoms with Gasteiger partial charge >= 0.3 is 0 Å². The fourth-order valence-corrected chi connectivity index (χ4v) is 2.27. The minimum absolute atomic E-state index is 0.705. The second-order valence-electron chi connectivity index (χ2n) is 4.57. The van der Waals surface area contributed by atoms with Crippen molar-refractivity contribution in [3.8, 4) is 0 Å². The molecule has 0 radical (unpaired) electrons. The van der Waals surface area contributed by atoms with Crippen LogP contribution in [0.5, 0.6) is 0 Å². The monoisotopic (exact) mass is 222 g/mol. The van der Waals surface area contributed by atoms with E-state index in [1.54, 1.807) is 6.26 Å². The second-order valence-corrected chi connectivity index (χ2v) is 4.57. The molecule has 2 heterocycles. The second kappa shape index (κ2) is 6.06. The third-order valence-electron chi connectivity index (χ3n) is 3.21. The Kier molecular flexibility index (Phi) is 4.43. The van der Waals surface area contributed by atoms with Crippen molar-refractivity contribution in [3.05, 3.63) is 24.2 Å². The van der Waals surface area contributed by atoms with Crippen LogP contribution in [0, 0.1) is 0 Å². The molecule has 90 valence electrons. The highest BCUT2D eigenvalue weighted by Gasteiger charge is 2.21. The van der Waals surface area contributed by atoms with Crippen LogP contribution >= 0.6 is 0 Å². The van der Waals surface area contributed by atoms with Gasteiger partial charge in [0.25, 0.3) is 0 Å². The van der Waals surface area contributed by atoms with Crippen LogP contribution in [0.4, 0.5) is 0 Å². The van der Waals surface area contributed by atoms with E-state index in [0.717, 1.165) is 25.3 Å². The van der Waals surface area contributed by atoms with Crippen LogP contribution in [0.2, 0.25) is 0 Å². The van der Waals surface area contributed by atoms with E-state index in [0.29, 0.717) is 6.04 Å². The maximum atomic E-state index is 5.34. The Labute approximate surface area is 97.8 Å². The van der Waals surface area contributed by atoms with Crippen molar-refractivity contribution in [2.45, 2.75) is 32.2 Å². The quantitative estimate of drug-likeness (QED) is 0.797. The highest BCUT2D eigenvalue weighted by atomic mass is 16.3. The first kappa shape index (κ1) is 11.7. The van der Waals surface area contributed by atoms with Gasteiger partial charge in [0.1, 0.15) is 5.76 Å². The third-order valence-corrected chi connectivity index (χ3v) is 3.21. The normalized spacial score (nSPS) is 21.7. The predicted octanol–water partition coefficient (Wildman–Crippen LogP) is 1.90. The van der Waals surface area contributed by atoms with E-state index in [-0.39, 0.29) is 0 Å². The van der Waals surface area contributed by atoms with Crippen LogP contribution in [-0.4, -0.2) is 37.1 Å². The average Bonchev–Trinajstić information content (AvgIpc) is 2.95.